The Hall–Kier alpha value is -1.39. The molecule has 3 N–H and O–H groups in total. The Morgan fingerprint density at radius 1 is 1.42 bits per heavy atom. The van der Waals surface area contributed by atoms with Crippen LogP contribution in [0.2, 0.25) is 0 Å². The van der Waals surface area contributed by atoms with Gasteiger partial charge < -0.3 is 15.8 Å². The molecule has 1 amide bonds. The highest BCUT2D eigenvalue weighted by Gasteiger charge is 2.22. The quantitative estimate of drug-likeness (QED) is 0.856. The Morgan fingerprint density at radius 3 is 2.79 bits per heavy atom. The van der Waals surface area contributed by atoms with E-state index in [0.717, 1.165) is 24.1 Å². The molecule has 0 radical (unpaired) electrons. The van der Waals surface area contributed by atoms with Gasteiger partial charge in [-0.2, -0.15) is 0 Å². The zero-order chi connectivity index (χ0) is 13.7. The monoisotopic (exact) mass is 262 g/mol. The van der Waals surface area contributed by atoms with E-state index in [1.54, 1.807) is 6.92 Å². The van der Waals surface area contributed by atoms with Gasteiger partial charge in [0.05, 0.1) is 6.10 Å². The fourth-order valence-corrected chi connectivity index (χ4v) is 2.43. The van der Waals surface area contributed by atoms with E-state index in [2.05, 4.69) is 5.32 Å². The average molecular weight is 262 g/mol. The van der Waals surface area contributed by atoms with Crippen LogP contribution in [0.15, 0.2) is 24.3 Å². The lowest BCUT2D eigenvalue weighted by atomic mass is 10.1. The van der Waals surface area contributed by atoms with Crippen LogP contribution >= 0.6 is 0 Å². The van der Waals surface area contributed by atoms with Crippen LogP contribution in [-0.2, 0) is 16.1 Å². The topological polar surface area (TPSA) is 64.3 Å². The number of carbonyl (C=O) groups excluding carboxylic acids is 1. The third-order valence-corrected chi connectivity index (χ3v) is 3.56. The van der Waals surface area contributed by atoms with Crippen molar-refractivity contribution in [2.75, 3.05) is 5.32 Å². The lowest BCUT2D eigenvalue weighted by Crippen LogP contribution is -2.31. The predicted molar refractivity (Wildman–Crippen MR) is 75.8 cm³/mol. The van der Waals surface area contributed by atoms with Crippen molar-refractivity contribution in [3.05, 3.63) is 29.8 Å². The summed E-state index contributed by atoms with van der Waals surface area (Å²) in [6.07, 6.45) is 4.36. The summed E-state index contributed by atoms with van der Waals surface area (Å²) in [6, 6.07) is 7.58. The van der Waals surface area contributed by atoms with Gasteiger partial charge in [-0.15, -0.1) is 0 Å². The molecule has 1 atom stereocenters. The van der Waals surface area contributed by atoms with Gasteiger partial charge in [0.2, 0.25) is 0 Å². The van der Waals surface area contributed by atoms with Gasteiger partial charge in [0.15, 0.2) is 0 Å². The molecule has 1 fully saturated rings. The molecule has 1 saturated carbocycles. The molecule has 19 heavy (non-hydrogen) atoms. The van der Waals surface area contributed by atoms with Crippen molar-refractivity contribution in [3.8, 4) is 0 Å². The Morgan fingerprint density at radius 2 is 2.11 bits per heavy atom. The first-order chi connectivity index (χ1) is 9.20. The van der Waals surface area contributed by atoms with Crippen LogP contribution in [0.25, 0.3) is 0 Å². The van der Waals surface area contributed by atoms with Gasteiger partial charge in [-0.05, 0) is 31.4 Å². The highest BCUT2D eigenvalue weighted by molar-refractivity contribution is 5.94. The van der Waals surface area contributed by atoms with E-state index in [-0.39, 0.29) is 12.0 Å². The van der Waals surface area contributed by atoms with E-state index in [4.69, 9.17) is 10.5 Å². The molecule has 0 aromatic heterocycles. The fraction of sp³-hybridized carbons (Fsp3) is 0.533. The smallest absolute Gasteiger partial charge is 0.253 e. The van der Waals surface area contributed by atoms with Crippen LogP contribution < -0.4 is 11.1 Å². The third-order valence-electron chi connectivity index (χ3n) is 3.56. The van der Waals surface area contributed by atoms with Crippen LogP contribution in [0.5, 0.6) is 0 Å². The van der Waals surface area contributed by atoms with Crippen LogP contribution in [0.4, 0.5) is 5.69 Å². The molecule has 2 rings (SSSR count). The minimum absolute atomic E-state index is 0.104. The van der Waals surface area contributed by atoms with Gasteiger partial charge in [0.25, 0.3) is 5.91 Å². The molecule has 0 spiro atoms. The van der Waals surface area contributed by atoms with E-state index in [9.17, 15) is 4.79 Å². The van der Waals surface area contributed by atoms with Gasteiger partial charge >= 0.3 is 0 Å². The fourth-order valence-electron chi connectivity index (χ4n) is 2.43. The first kappa shape index (κ1) is 14.0. The van der Waals surface area contributed by atoms with Crippen LogP contribution in [0.1, 0.15) is 38.2 Å². The molecule has 1 aliphatic rings. The number of amides is 1. The molecule has 1 aromatic carbocycles. The van der Waals surface area contributed by atoms with Crippen LogP contribution in [0.3, 0.4) is 0 Å². The molecule has 0 bridgehead atoms. The number of anilines is 1. The van der Waals surface area contributed by atoms with Gasteiger partial charge in [-0.3, -0.25) is 4.79 Å². The minimum Gasteiger partial charge on any atom is -0.365 e. The summed E-state index contributed by atoms with van der Waals surface area (Å²) >= 11 is 0. The molecule has 0 aliphatic heterocycles. The normalized spacial score (nSPS) is 17.4. The zero-order valence-corrected chi connectivity index (χ0v) is 11.4. The van der Waals surface area contributed by atoms with E-state index in [0.29, 0.717) is 6.54 Å². The van der Waals surface area contributed by atoms with Crippen molar-refractivity contribution in [1.29, 1.82) is 0 Å². The lowest BCUT2D eigenvalue weighted by Gasteiger charge is -2.18. The van der Waals surface area contributed by atoms with E-state index < -0.39 is 6.10 Å². The first-order valence-corrected chi connectivity index (χ1v) is 6.95. The summed E-state index contributed by atoms with van der Waals surface area (Å²) in [7, 11) is 0. The molecular formula is C15H22N2O2. The highest BCUT2D eigenvalue weighted by atomic mass is 16.5. The van der Waals surface area contributed by atoms with E-state index >= 15 is 0 Å². The summed E-state index contributed by atoms with van der Waals surface area (Å²) in [5.74, 6) is -0.104. The second-order valence-electron chi connectivity index (χ2n) is 5.04. The first-order valence-electron chi connectivity index (χ1n) is 6.95. The second kappa shape index (κ2) is 6.68. The van der Waals surface area contributed by atoms with Gasteiger partial charge in [-0.1, -0.05) is 31.0 Å². The molecule has 104 valence electrons. The number of para-hydroxylation sites is 1. The van der Waals surface area contributed by atoms with Crippen molar-refractivity contribution in [1.82, 2.24) is 0 Å². The molecule has 0 heterocycles. The van der Waals surface area contributed by atoms with Crippen molar-refractivity contribution in [3.63, 3.8) is 0 Å². The molecule has 1 unspecified atom stereocenters. The number of ether oxygens (including phenoxy) is 1. The molecule has 4 heteroatoms. The molecule has 1 aliphatic carbocycles. The number of hydrogen-bond acceptors (Lipinski definition) is 3. The summed E-state index contributed by atoms with van der Waals surface area (Å²) in [5, 5.41) is 2.89. The number of nitrogens with two attached hydrogens (primary N) is 1. The molecule has 4 nitrogen and oxygen atoms in total. The van der Waals surface area contributed by atoms with Crippen molar-refractivity contribution < 1.29 is 9.53 Å². The Labute approximate surface area is 114 Å². The molecule has 1 aromatic rings. The summed E-state index contributed by atoms with van der Waals surface area (Å²) in [4.78, 5) is 12.1. The number of nitrogens with one attached hydrogen (secondary N) is 1. The van der Waals surface area contributed by atoms with Crippen LogP contribution in [-0.4, -0.2) is 18.1 Å². The number of hydrogen-bond donors (Lipinski definition) is 2. The standard InChI is InChI=1S/C15H22N2O2/c1-11(19-13-7-3-4-8-13)15(18)17-14-9-5-2-6-12(14)10-16/h2,5-6,9,11,13H,3-4,7-8,10,16H2,1H3,(H,17,18). The lowest BCUT2D eigenvalue weighted by molar-refractivity contribution is -0.129. The summed E-state index contributed by atoms with van der Waals surface area (Å²) in [5.41, 5.74) is 7.36. The third kappa shape index (κ3) is 3.78. The average Bonchev–Trinajstić information content (AvgIpc) is 2.92. The summed E-state index contributed by atoms with van der Waals surface area (Å²) < 4.78 is 5.78. The van der Waals surface area contributed by atoms with Crippen molar-refractivity contribution in [2.45, 2.75) is 51.4 Å². The van der Waals surface area contributed by atoms with Crippen LogP contribution in [0, 0.1) is 0 Å². The maximum atomic E-state index is 12.1. The van der Waals surface area contributed by atoms with Gasteiger partial charge in [-0.25, -0.2) is 0 Å². The van der Waals surface area contributed by atoms with Gasteiger partial charge in [0.1, 0.15) is 6.10 Å². The second-order valence-corrected chi connectivity index (χ2v) is 5.04. The van der Waals surface area contributed by atoms with E-state index in [1.165, 1.54) is 12.8 Å². The van der Waals surface area contributed by atoms with Crippen molar-refractivity contribution in [2.24, 2.45) is 5.73 Å². The Balaban J connectivity index is 1.92. The molecule has 0 saturated heterocycles. The predicted octanol–water partition coefficient (Wildman–Crippen LogP) is 2.43. The number of rotatable bonds is 5. The van der Waals surface area contributed by atoms with Gasteiger partial charge in [0, 0.05) is 12.2 Å². The SMILES string of the molecule is CC(OC1CCCC1)C(=O)Nc1ccccc1CN. The summed E-state index contributed by atoms with van der Waals surface area (Å²) in [6.45, 7) is 2.22. The highest BCUT2D eigenvalue weighted by Crippen LogP contribution is 2.22. The number of carbonyl (C=O) groups is 1. The maximum absolute atomic E-state index is 12.1. The largest absolute Gasteiger partial charge is 0.365 e. The molecular weight excluding hydrogens is 240 g/mol. The van der Waals surface area contributed by atoms with E-state index in [1.807, 2.05) is 24.3 Å². The minimum atomic E-state index is -0.422. The zero-order valence-electron chi connectivity index (χ0n) is 11.4. The number of benzene rings is 1. The maximum Gasteiger partial charge on any atom is 0.253 e. The Bertz CT molecular complexity index is 428. The Kier molecular flexibility index (Phi) is 4.93. The van der Waals surface area contributed by atoms with Crippen molar-refractivity contribution >= 4 is 11.6 Å².